The van der Waals surface area contributed by atoms with Gasteiger partial charge in [-0.1, -0.05) is 18.2 Å². The topological polar surface area (TPSA) is 89.2 Å². The molecular formula is C20H19BrN4O4. The molecule has 29 heavy (non-hydrogen) atoms. The second-order valence-corrected chi connectivity index (χ2v) is 7.17. The molecule has 4 rings (SSSR count). The van der Waals surface area contributed by atoms with Crippen molar-refractivity contribution in [1.29, 1.82) is 0 Å². The predicted molar refractivity (Wildman–Crippen MR) is 112 cm³/mol. The molecular weight excluding hydrogens is 440 g/mol. The van der Waals surface area contributed by atoms with Gasteiger partial charge >= 0.3 is 0 Å². The van der Waals surface area contributed by atoms with Gasteiger partial charge in [0.1, 0.15) is 11.3 Å². The number of halogens is 1. The van der Waals surface area contributed by atoms with Crippen LogP contribution in [0, 0.1) is 0 Å². The summed E-state index contributed by atoms with van der Waals surface area (Å²) < 4.78 is 17.6. The monoisotopic (exact) mass is 458 g/mol. The highest BCUT2D eigenvalue weighted by molar-refractivity contribution is 9.10. The van der Waals surface area contributed by atoms with E-state index in [0.717, 1.165) is 28.8 Å². The highest BCUT2D eigenvalue weighted by Gasteiger charge is 2.18. The van der Waals surface area contributed by atoms with Crippen molar-refractivity contribution in [2.75, 3.05) is 37.8 Å². The minimum absolute atomic E-state index is 0.173. The lowest BCUT2D eigenvalue weighted by atomic mass is 10.2. The van der Waals surface area contributed by atoms with Crippen LogP contribution in [0.3, 0.4) is 0 Å². The van der Waals surface area contributed by atoms with Crippen molar-refractivity contribution in [3.05, 3.63) is 52.8 Å². The number of morpholine rings is 1. The number of furan rings is 1. The summed E-state index contributed by atoms with van der Waals surface area (Å²) in [5.41, 5.74) is 3.14. The van der Waals surface area contributed by atoms with Crippen molar-refractivity contribution in [3.63, 3.8) is 0 Å². The van der Waals surface area contributed by atoms with Crippen LogP contribution >= 0.6 is 15.9 Å². The van der Waals surface area contributed by atoms with Crippen molar-refractivity contribution in [3.8, 4) is 5.75 Å². The Balaban J connectivity index is 1.32. The number of hydrazone groups is 1. The zero-order chi connectivity index (χ0) is 20.1. The third-order valence-electron chi connectivity index (χ3n) is 4.32. The van der Waals surface area contributed by atoms with Crippen LogP contribution in [0.1, 0.15) is 5.76 Å². The summed E-state index contributed by atoms with van der Waals surface area (Å²) in [5.74, 6) is 1.42. The molecule has 150 valence electrons. The van der Waals surface area contributed by atoms with E-state index >= 15 is 0 Å². The van der Waals surface area contributed by atoms with Crippen LogP contribution < -0.4 is 15.1 Å². The second-order valence-electron chi connectivity index (χ2n) is 6.31. The molecule has 3 heterocycles. The molecule has 1 aliphatic heterocycles. The van der Waals surface area contributed by atoms with Crippen molar-refractivity contribution in [1.82, 2.24) is 10.4 Å². The first-order chi connectivity index (χ1) is 14.2. The predicted octanol–water partition coefficient (Wildman–Crippen LogP) is 2.96. The van der Waals surface area contributed by atoms with Gasteiger partial charge in [0.05, 0.1) is 23.9 Å². The van der Waals surface area contributed by atoms with Gasteiger partial charge in [-0.25, -0.2) is 5.43 Å². The summed E-state index contributed by atoms with van der Waals surface area (Å²) in [6.07, 6.45) is 3.14. The van der Waals surface area contributed by atoms with Gasteiger partial charge in [0.25, 0.3) is 5.91 Å². The molecule has 1 saturated heterocycles. The number of carbonyl (C=O) groups is 1. The highest BCUT2D eigenvalue weighted by atomic mass is 79.9. The van der Waals surface area contributed by atoms with Gasteiger partial charge in [0, 0.05) is 30.7 Å². The molecule has 0 saturated carbocycles. The zero-order valence-corrected chi connectivity index (χ0v) is 17.1. The van der Waals surface area contributed by atoms with Crippen LogP contribution in [-0.4, -0.2) is 50.0 Å². The first-order valence-corrected chi connectivity index (χ1v) is 9.90. The Labute approximate surface area is 175 Å². The van der Waals surface area contributed by atoms with E-state index in [0.29, 0.717) is 30.2 Å². The molecule has 1 amide bonds. The van der Waals surface area contributed by atoms with Crippen molar-refractivity contribution < 1.29 is 18.7 Å². The maximum Gasteiger partial charge on any atom is 0.277 e. The number of carbonyl (C=O) groups excluding carboxylic acids is 1. The number of ether oxygens (including phenoxy) is 2. The van der Waals surface area contributed by atoms with Gasteiger partial charge in [-0.2, -0.15) is 5.10 Å². The molecule has 1 aliphatic rings. The molecule has 1 N–H and O–H groups in total. The Bertz CT molecular complexity index is 1020. The molecule has 3 aromatic rings. The zero-order valence-electron chi connectivity index (χ0n) is 15.5. The second kappa shape index (κ2) is 9.06. The number of amides is 1. The summed E-state index contributed by atoms with van der Waals surface area (Å²) in [6, 6.07) is 11.2. The smallest absolute Gasteiger partial charge is 0.277 e. The molecule has 0 spiro atoms. The third kappa shape index (κ3) is 4.75. The summed E-state index contributed by atoms with van der Waals surface area (Å²) in [5, 5.41) is 4.88. The van der Waals surface area contributed by atoms with Crippen LogP contribution in [0.15, 0.2) is 56.6 Å². The van der Waals surface area contributed by atoms with Crippen molar-refractivity contribution >= 4 is 44.8 Å². The summed E-state index contributed by atoms with van der Waals surface area (Å²) >= 11 is 3.49. The maximum absolute atomic E-state index is 12.0. The Morgan fingerprint density at radius 3 is 3.00 bits per heavy atom. The van der Waals surface area contributed by atoms with E-state index in [4.69, 9.17) is 13.9 Å². The number of aromatic nitrogens is 1. The molecule has 0 bridgehead atoms. The summed E-state index contributed by atoms with van der Waals surface area (Å²) in [7, 11) is 0. The van der Waals surface area contributed by atoms with Crippen molar-refractivity contribution in [2.24, 2.45) is 5.10 Å². The van der Waals surface area contributed by atoms with E-state index in [1.165, 1.54) is 6.21 Å². The average Bonchev–Trinajstić information content (AvgIpc) is 3.13. The van der Waals surface area contributed by atoms with Gasteiger partial charge in [0.15, 0.2) is 12.4 Å². The number of para-hydroxylation sites is 1. The molecule has 0 radical (unpaired) electrons. The number of pyridine rings is 1. The summed E-state index contributed by atoms with van der Waals surface area (Å²) in [4.78, 5) is 18.4. The van der Waals surface area contributed by atoms with Crippen LogP contribution in [-0.2, 0) is 9.53 Å². The van der Waals surface area contributed by atoms with Gasteiger partial charge in [-0.3, -0.25) is 9.78 Å². The van der Waals surface area contributed by atoms with Crippen LogP contribution in [0.25, 0.3) is 10.9 Å². The van der Waals surface area contributed by atoms with E-state index in [2.05, 4.69) is 36.3 Å². The fraction of sp³-hybridized carbons (Fsp3) is 0.250. The fourth-order valence-corrected chi connectivity index (χ4v) is 3.52. The lowest BCUT2D eigenvalue weighted by Gasteiger charge is -2.26. The lowest BCUT2D eigenvalue weighted by Crippen LogP contribution is -2.36. The highest BCUT2D eigenvalue weighted by Crippen LogP contribution is 2.30. The fourth-order valence-electron chi connectivity index (χ4n) is 2.96. The first-order valence-electron chi connectivity index (χ1n) is 9.11. The third-order valence-corrected chi connectivity index (χ3v) is 4.89. The number of hydrogen-bond donors (Lipinski definition) is 1. The van der Waals surface area contributed by atoms with E-state index in [-0.39, 0.29) is 12.5 Å². The summed E-state index contributed by atoms with van der Waals surface area (Å²) in [6.45, 7) is 2.69. The Morgan fingerprint density at radius 1 is 1.31 bits per heavy atom. The van der Waals surface area contributed by atoms with Crippen molar-refractivity contribution in [2.45, 2.75) is 0 Å². The minimum atomic E-state index is -0.381. The molecule has 0 atom stereocenters. The molecule has 9 heteroatoms. The van der Waals surface area contributed by atoms with Gasteiger partial charge in [0.2, 0.25) is 5.88 Å². The van der Waals surface area contributed by atoms with E-state index < -0.39 is 0 Å². The average molecular weight is 459 g/mol. The Hall–Kier alpha value is -2.91. The standard InChI is InChI=1S/C20H19BrN4O4/c21-16-11-15(29-20(16)25-7-9-27-10-8-25)12-23-24-18(26)13-28-17-5-1-3-14-4-2-6-22-19(14)17/h1-6,11-12H,7-10,13H2,(H,24,26)/b23-12-. The SMILES string of the molecule is O=C(COc1cccc2cccnc12)N/N=C\c1cc(Br)c(N2CCOCC2)o1. The van der Waals surface area contributed by atoms with Crippen LogP contribution in [0.2, 0.25) is 0 Å². The van der Waals surface area contributed by atoms with Gasteiger partial charge in [-0.05, 0) is 28.1 Å². The number of rotatable bonds is 6. The van der Waals surface area contributed by atoms with E-state index in [9.17, 15) is 4.79 Å². The molecule has 2 aromatic heterocycles. The molecule has 1 fully saturated rings. The van der Waals surface area contributed by atoms with E-state index in [1.54, 1.807) is 18.3 Å². The Kier molecular flexibility index (Phi) is 6.06. The quantitative estimate of drug-likeness (QED) is 0.451. The largest absolute Gasteiger partial charge is 0.481 e. The van der Waals surface area contributed by atoms with Crippen LogP contribution in [0.5, 0.6) is 5.75 Å². The molecule has 8 nitrogen and oxygen atoms in total. The first kappa shape index (κ1) is 19.4. The number of hydrogen-bond acceptors (Lipinski definition) is 7. The van der Waals surface area contributed by atoms with Crippen LogP contribution in [0.4, 0.5) is 5.88 Å². The van der Waals surface area contributed by atoms with E-state index in [1.807, 2.05) is 24.3 Å². The van der Waals surface area contributed by atoms with Gasteiger partial charge in [-0.15, -0.1) is 0 Å². The lowest BCUT2D eigenvalue weighted by molar-refractivity contribution is -0.123. The normalized spacial score (nSPS) is 14.4. The number of anilines is 1. The molecule has 0 aliphatic carbocycles. The molecule has 0 unspecified atom stereocenters. The van der Waals surface area contributed by atoms with Gasteiger partial charge < -0.3 is 18.8 Å². The Morgan fingerprint density at radius 2 is 2.14 bits per heavy atom. The maximum atomic E-state index is 12.0. The molecule has 1 aromatic carbocycles. The minimum Gasteiger partial charge on any atom is -0.481 e. The number of benzene rings is 1. The number of nitrogens with one attached hydrogen (secondary N) is 1. The number of nitrogens with zero attached hydrogens (tertiary/aromatic N) is 3. The number of fused-ring (bicyclic) bond motifs is 1.